The summed E-state index contributed by atoms with van der Waals surface area (Å²) >= 11 is 0. The van der Waals surface area contributed by atoms with E-state index in [2.05, 4.69) is 11.6 Å². The standard InChI is InChI=1S/C8H9NO.C2H6/c1-3-5-8-7(4-2)9-6-10-8;1-2/h3-6H,1H2,2H3;1-2H3/b7-4+,8-5+;. The minimum absolute atomic E-state index is 0.762. The van der Waals surface area contributed by atoms with Crippen LogP contribution in [-0.2, 0) is 0 Å². The molecule has 1 heterocycles. The summed E-state index contributed by atoms with van der Waals surface area (Å²) in [7, 11) is 0. The van der Waals surface area contributed by atoms with E-state index >= 15 is 0 Å². The van der Waals surface area contributed by atoms with Gasteiger partial charge < -0.3 is 4.42 Å². The van der Waals surface area contributed by atoms with Crippen LogP contribution in [0.15, 0.2) is 23.5 Å². The van der Waals surface area contributed by atoms with Crippen LogP contribution in [0.2, 0.25) is 0 Å². The van der Waals surface area contributed by atoms with Crippen molar-refractivity contribution in [1.82, 2.24) is 4.98 Å². The molecule has 0 spiro atoms. The van der Waals surface area contributed by atoms with Crippen molar-refractivity contribution >= 4 is 12.2 Å². The van der Waals surface area contributed by atoms with E-state index in [1.165, 1.54) is 6.39 Å². The average molecular weight is 165 g/mol. The van der Waals surface area contributed by atoms with Crippen LogP contribution in [-0.4, -0.2) is 4.98 Å². The van der Waals surface area contributed by atoms with Crippen LogP contribution in [0.3, 0.4) is 0 Å². The first-order chi connectivity index (χ1) is 5.88. The molecule has 0 aliphatic heterocycles. The number of hydrogen-bond donors (Lipinski definition) is 0. The Bertz CT molecular complexity index is 322. The molecule has 1 aromatic heterocycles. The zero-order valence-corrected chi connectivity index (χ0v) is 7.87. The van der Waals surface area contributed by atoms with E-state index in [9.17, 15) is 0 Å². The van der Waals surface area contributed by atoms with Crippen LogP contribution in [0.5, 0.6) is 0 Å². The number of allylic oxidation sites excluding steroid dienone is 1. The van der Waals surface area contributed by atoms with Gasteiger partial charge >= 0.3 is 0 Å². The van der Waals surface area contributed by atoms with E-state index in [1.807, 2.05) is 26.8 Å². The maximum atomic E-state index is 5.03. The molecule has 0 amide bonds. The Morgan fingerprint density at radius 3 is 2.67 bits per heavy atom. The molecule has 0 fully saturated rings. The minimum atomic E-state index is 0.762. The summed E-state index contributed by atoms with van der Waals surface area (Å²) < 4.78 is 5.03. The summed E-state index contributed by atoms with van der Waals surface area (Å²) in [6.07, 6.45) is 6.76. The number of aromatic nitrogens is 1. The van der Waals surface area contributed by atoms with Gasteiger partial charge in [-0.1, -0.05) is 32.6 Å². The van der Waals surface area contributed by atoms with E-state index in [-0.39, 0.29) is 0 Å². The van der Waals surface area contributed by atoms with Gasteiger partial charge in [0.25, 0.3) is 0 Å². The Morgan fingerprint density at radius 2 is 2.17 bits per heavy atom. The normalized spacial score (nSPS) is 12.2. The summed E-state index contributed by atoms with van der Waals surface area (Å²) in [4.78, 5) is 3.95. The molecule has 0 N–H and O–H groups in total. The fourth-order valence-corrected chi connectivity index (χ4v) is 0.712. The largest absolute Gasteiger partial charge is 0.443 e. The second kappa shape index (κ2) is 6.40. The van der Waals surface area contributed by atoms with Crippen LogP contribution in [0.4, 0.5) is 0 Å². The number of hydrogen-bond acceptors (Lipinski definition) is 2. The molecule has 0 aromatic carbocycles. The highest BCUT2D eigenvalue weighted by atomic mass is 16.3. The van der Waals surface area contributed by atoms with Crippen molar-refractivity contribution in [3.63, 3.8) is 0 Å². The van der Waals surface area contributed by atoms with Gasteiger partial charge in [-0.3, -0.25) is 0 Å². The lowest BCUT2D eigenvalue weighted by Gasteiger charge is -1.70. The Morgan fingerprint density at radius 1 is 1.50 bits per heavy atom. The summed E-state index contributed by atoms with van der Waals surface area (Å²) in [6, 6.07) is 0. The van der Waals surface area contributed by atoms with E-state index in [1.54, 1.807) is 12.2 Å². The highest BCUT2D eigenvalue weighted by Gasteiger charge is 1.83. The Balaban J connectivity index is 0.000000561. The summed E-state index contributed by atoms with van der Waals surface area (Å²) in [5.41, 5.74) is 0.762. The van der Waals surface area contributed by atoms with Crippen molar-refractivity contribution in [2.75, 3.05) is 0 Å². The summed E-state index contributed by atoms with van der Waals surface area (Å²) in [5, 5.41) is 0.861. The second-order valence-electron chi connectivity index (χ2n) is 1.79. The maximum absolute atomic E-state index is 5.03. The lowest BCUT2D eigenvalue weighted by molar-refractivity contribution is 0.525. The zero-order valence-electron chi connectivity index (χ0n) is 7.87. The van der Waals surface area contributed by atoms with Crippen molar-refractivity contribution in [3.05, 3.63) is 29.8 Å². The Hall–Kier alpha value is -1.31. The van der Waals surface area contributed by atoms with E-state index < -0.39 is 0 Å². The van der Waals surface area contributed by atoms with Gasteiger partial charge in [0.1, 0.15) is 5.35 Å². The molecule has 12 heavy (non-hydrogen) atoms. The monoisotopic (exact) mass is 165 g/mol. The van der Waals surface area contributed by atoms with Crippen LogP contribution in [0.1, 0.15) is 20.8 Å². The fourth-order valence-electron chi connectivity index (χ4n) is 0.712. The zero-order chi connectivity index (χ0) is 9.40. The highest BCUT2D eigenvalue weighted by Crippen LogP contribution is 1.66. The Labute approximate surface area is 72.9 Å². The van der Waals surface area contributed by atoms with Crippen LogP contribution in [0, 0.1) is 0 Å². The lowest BCUT2D eigenvalue weighted by atomic mass is 10.4. The molecule has 0 saturated carbocycles. The predicted octanol–water partition coefficient (Wildman–Crippen LogP) is 1.47. The van der Waals surface area contributed by atoms with Gasteiger partial charge in [-0.05, 0) is 13.0 Å². The molecule has 0 aliphatic rings. The van der Waals surface area contributed by atoms with Crippen LogP contribution < -0.4 is 10.8 Å². The maximum Gasteiger partial charge on any atom is 0.181 e. The summed E-state index contributed by atoms with van der Waals surface area (Å²) in [6.45, 7) is 9.47. The van der Waals surface area contributed by atoms with Crippen molar-refractivity contribution in [3.8, 4) is 0 Å². The third kappa shape index (κ3) is 2.74. The molecule has 0 bridgehead atoms. The average Bonchev–Trinajstić information content (AvgIpc) is 2.56. The lowest BCUT2D eigenvalue weighted by Crippen LogP contribution is -2.20. The molecular weight excluding hydrogens is 150 g/mol. The smallest absolute Gasteiger partial charge is 0.181 e. The molecule has 0 unspecified atom stereocenters. The summed E-state index contributed by atoms with van der Waals surface area (Å²) in [5.74, 6) is 0. The third-order valence-corrected chi connectivity index (χ3v) is 1.17. The van der Waals surface area contributed by atoms with Gasteiger partial charge in [0.2, 0.25) is 0 Å². The second-order valence-corrected chi connectivity index (χ2v) is 1.79. The van der Waals surface area contributed by atoms with Gasteiger partial charge in [-0.15, -0.1) is 0 Å². The first-order valence-corrected chi connectivity index (χ1v) is 4.07. The quantitative estimate of drug-likeness (QED) is 0.629. The molecular formula is C10H15NO. The van der Waals surface area contributed by atoms with Gasteiger partial charge in [-0.2, -0.15) is 0 Å². The van der Waals surface area contributed by atoms with E-state index in [0.29, 0.717) is 0 Å². The fraction of sp³-hybridized carbons (Fsp3) is 0.300. The van der Waals surface area contributed by atoms with Crippen molar-refractivity contribution in [2.45, 2.75) is 20.8 Å². The minimum Gasteiger partial charge on any atom is -0.443 e. The number of nitrogens with zero attached hydrogens (tertiary/aromatic N) is 1. The topological polar surface area (TPSA) is 26.0 Å². The SMILES string of the molecule is C=C/C=c1/ocn/c1=C/C.CC. The molecule has 66 valence electrons. The highest BCUT2D eigenvalue weighted by molar-refractivity contribution is 5.32. The molecule has 0 saturated heterocycles. The van der Waals surface area contributed by atoms with E-state index in [0.717, 1.165) is 10.8 Å². The van der Waals surface area contributed by atoms with E-state index in [4.69, 9.17) is 4.42 Å². The molecule has 1 aromatic rings. The molecule has 2 heteroatoms. The van der Waals surface area contributed by atoms with Gasteiger partial charge in [0.15, 0.2) is 11.8 Å². The van der Waals surface area contributed by atoms with Crippen molar-refractivity contribution in [2.24, 2.45) is 0 Å². The van der Waals surface area contributed by atoms with Crippen molar-refractivity contribution < 1.29 is 4.42 Å². The molecule has 0 aliphatic carbocycles. The van der Waals surface area contributed by atoms with Crippen molar-refractivity contribution in [1.29, 1.82) is 0 Å². The van der Waals surface area contributed by atoms with Gasteiger partial charge in [0.05, 0.1) is 0 Å². The molecule has 0 atom stereocenters. The predicted molar refractivity (Wildman–Crippen MR) is 51.9 cm³/mol. The van der Waals surface area contributed by atoms with Crippen LogP contribution in [0.25, 0.3) is 12.2 Å². The first-order valence-electron chi connectivity index (χ1n) is 4.07. The number of rotatable bonds is 1. The Kier molecular flexibility index (Phi) is 5.70. The number of oxazole rings is 1. The first kappa shape index (κ1) is 10.7. The molecule has 0 radical (unpaired) electrons. The van der Waals surface area contributed by atoms with Crippen LogP contribution >= 0.6 is 0 Å². The third-order valence-electron chi connectivity index (χ3n) is 1.17. The van der Waals surface area contributed by atoms with Gasteiger partial charge in [-0.25, -0.2) is 4.98 Å². The molecule has 1 rings (SSSR count). The molecule has 2 nitrogen and oxygen atoms in total. The van der Waals surface area contributed by atoms with Gasteiger partial charge in [0, 0.05) is 0 Å².